The van der Waals surface area contributed by atoms with Crippen LogP contribution in [-0.2, 0) is 21.5 Å². The van der Waals surface area contributed by atoms with Gasteiger partial charge in [-0.05, 0) is 17.7 Å². The molecule has 1 unspecified atom stereocenters. The van der Waals surface area contributed by atoms with Crippen LogP contribution >= 0.6 is 0 Å². The molecule has 1 aliphatic heterocycles. The van der Waals surface area contributed by atoms with E-state index in [1.54, 1.807) is 0 Å². The molecule has 0 amide bonds. The van der Waals surface area contributed by atoms with Gasteiger partial charge in [0.2, 0.25) is 0 Å². The van der Waals surface area contributed by atoms with Crippen molar-refractivity contribution in [3.8, 4) is 0 Å². The molecule has 1 aromatic carbocycles. The van der Waals surface area contributed by atoms with Crippen LogP contribution in [0.2, 0.25) is 0 Å². The normalized spacial score (nSPS) is 19.5. The van der Waals surface area contributed by atoms with Gasteiger partial charge < -0.3 is 10.5 Å². The van der Waals surface area contributed by atoms with Crippen molar-refractivity contribution in [3.63, 3.8) is 0 Å². The first-order valence-corrected chi connectivity index (χ1v) is 6.59. The molecule has 1 atom stereocenters. The maximum atomic E-state index is 12.0. The molecule has 1 aliphatic rings. The molecule has 88 valence electrons. The minimum absolute atomic E-state index is 0.556. The van der Waals surface area contributed by atoms with Crippen LogP contribution in [0, 0.1) is 0 Å². The van der Waals surface area contributed by atoms with E-state index in [-0.39, 0.29) is 0 Å². The van der Waals surface area contributed by atoms with Gasteiger partial charge in [-0.15, -0.1) is 0 Å². The van der Waals surface area contributed by atoms with Crippen LogP contribution in [0.25, 0.3) is 0 Å². The maximum absolute atomic E-state index is 12.0. The highest BCUT2D eigenvalue weighted by Crippen LogP contribution is 2.11. The average molecular weight is 240 g/mol. The fourth-order valence-electron chi connectivity index (χ4n) is 1.60. The Balaban J connectivity index is 1.93. The van der Waals surface area contributed by atoms with Gasteiger partial charge in [0, 0.05) is 18.8 Å². The molecular weight excluding hydrogens is 224 g/mol. The van der Waals surface area contributed by atoms with Crippen molar-refractivity contribution in [2.24, 2.45) is 0 Å². The van der Waals surface area contributed by atoms with Crippen molar-refractivity contribution in [3.05, 3.63) is 29.8 Å². The maximum Gasteiger partial charge on any atom is 0.0989 e. The van der Waals surface area contributed by atoms with Crippen molar-refractivity contribution >= 4 is 16.7 Å². The Bertz CT molecular complexity index is 361. The molecule has 0 spiro atoms. The Hall–Kier alpha value is -0.910. The Labute approximate surface area is 98.0 Å². The van der Waals surface area contributed by atoms with Crippen LogP contribution in [0.4, 0.5) is 5.69 Å². The third-order valence-electron chi connectivity index (χ3n) is 2.53. The summed E-state index contributed by atoms with van der Waals surface area (Å²) >= 11 is 0. The number of hydrogen-bond acceptors (Lipinski definition) is 3. The number of nitrogens with two attached hydrogens (primary N) is 1. The van der Waals surface area contributed by atoms with Gasteiger partial charge in [0.05, 0.1) is 30.0 Å². The number of ether oxygens (including phenoxy) is 1. The molecule has 4 nitrogen and oxygen atoms in total. The topological polar surface area (TPSA) is 55.6 Å². The number of rotatable bonds is 3. The molecule has 2 N–H and O–H groups in total. The lowest BCUT2D eigenvalue weighted by molar-refractivity contribution is 0.0751. The molecule has 0 aliphatic carbocycles. The summed E-state index contributed by atoms with van der Waals surface area (Å²) in [5.74, 6) is 0.556. The summed E-state index contributed by atoms with van der Waals surface area (Å²) in [6, 6.07) is 7.53. The lowest BCUT2D eigenvalue weighted by atomic mass is 10.2. The predicted molar refractivity (Wildman–Crippen MR) is 65.1 cm³/mol. The van der Waals surface area contributed by atoms with E-state index in [2.05, 4.69) is 0 Å². The van der Waals surface area contributed by atoms with E-state index in [1.807, 2.05) is 28.6 Å². The molecule has 1 fully saturated rings. The largest absolute Gasteiger partial charge is 0.399 e. The number of morpholine rings is 1. The number of benzene rings is 1. The molecule has 0 saturated carbocycles. The molecule has 1 heterocycles. The molecule has 1 aromatic rings. The van der Waals surface area contributed by atoms with Crippen molar-refractivity contribution < 1.29 is 8.95 Å². The van der Waals surface area contributed by atoms with Gasteiger partial charge in [0.15, 0.2) is 0 Å². The summed E-state index contributed by atoms with van der Waals surface area (Å²) < 4.78 is 19.2. The Kier molecular flexibility index (Phi) is 3.93. The van der Waals surface area contributed by atoms with Crippen molar-refractivity contribution in [1.82, 2.24) is 4.31 Å². The van der Waals surface area contributed by atoms with E-state index in [9.17, 15) is 4.21 Å². The molecule has 0 bridgehead atoms. The zero-order chi connectivity index (χ0) is 11.4. The van der Waals surface area contributed by atoms with E-state index in [1.165, 1.54) is 0 Å². The summed E-state index contributed by atoms with van der Waals surface area (Å²) in [6.45, 7) is 2.85. The second kappa shape index (κ2) is 5.43. The molecule has 5 heteroatoms. The number of hydrogen-bond donors (Lipinski definition) is 1. The van der Waals surface area contributed by atoms with Crippen LogP contribution in [0.5, 0.6) is 0 Å². The first-order chi connectivity index (χ1) is 7.75. The molecular formula is C11H16N2O2S. The minimum atomic E-state index is -0.952. The average Bonchev–Trinajstić information content (AvgIpc) is 2.33. The van der Waals surface area contributed by atoms with Gasteiger partial charge in [0.25, 0.3) is 0 Å². The number of nitrogens with zero attached hydrogens (tertiary/aromatic N) is 1. The number of anilines is 1. The van der Waals surface area contributed by atoms with Crippen LogP contribution in [0.15, 0.2) is 24.3 Å². The Morgan fingerprint density at radius 1 is 1.25 bits per heavy atom. The van der Waals surface area contributed by atoms with E-state index in [0.29, 0.717) is 19.0 Å². The molecule has 16 heavy (non-hydrogen) atoms. The van der Waals surface area contributed by atoms with Gasteiger partial charge in [-0.3, -0.25) is 0 Å². The quantitative estimate of drug-likeness (QED) is 0.794. The third kappa shape index (κ3) is 3.04. The highest BCUT2D eigenvalue weighted by Gasteiger charge is 2.16. The van der Waals surface area contributed by atoms with Crippen LogP contribution in [0.3, 0.4) is 0 Å². The van der Waals surface area contributed by atoms with Crippen LogP contribution in [-0.4, -0.2) is 34.8 Å². The summed E-state index contributed by atoms with van der Waals surface area (Å²) in [7, 11) is -0.952. The molecule has 2 rings (SSSR count). The Morgan fingerprint density at radius 2 is 1.88 bits per heavy atom. The highest BCUT2D eigenvalue weighted by atomic mass is 32.2. The highest BCUT2D eigenvalue weighted by molar-refractivity contribution is 7.81. The smallest absolute Gasteiger partial charge is 0.0989 e. The van der Waals surface area contributed by atoms with Crippen molar-refractivity contribution in [2.45, 2.75) is 5.75 Å². The first kappa shape index (κ1) is 11.6. The third-order valence-corrected chi connectivity index (χ3v) is 4.05. The van der Waals surface area contributed by atoms with Crippen molar-refractivity contribution in [2.75, 3.05) is 32.0 Å². The number of nitrogen functional groups attached to an aromatic ring is 1. The van der Waals surface area contributed by atoms with Gasteiger partial charge in [0.1, 0.15) is 0 Å². The fraction of sp³-hybridized carbons (Fsp3) is 0.455. The predicted octanol–water partition coefficient (Wildman–Crippen LogP) is 0.765. The standard InChI is InChI=1S/C11H16N2O2S/c12-11-3-1-10(2-4-11)9-16(14)13-5-7-15-8-6-13/h1-4H,5-9,12H2. The Morgan fingerprint density at radius 3 is 2.50 bits per heavy atom. The SMILES string of the molecule is Nc1ccc(CS(=O)N2CCOCC2)cc1. The summed E-state index contributed by atoms with van der Waals surface area (Å²) in [4.78, 5) is 0. The molecule has 0 aromatic heterocycles. The second-order valence-corrected chi connectivity index (χ2v) is 5.20. The van der Waals surface area contributed by atoms with Gasteiger partial charge in [-0.25, -0.2) is 8.51 Å². The molecule has 1 saturated heterocycles. The zero-order valence-electron chi connectivity index (χ0n) is 9.09. The van der Waals surface area contributed by atoms with Gasteiger partial charge in [-0.2, -0.15) is 0 Å². The zero-order valence-corrected chi connectivity index (χ0v) is 9.91. The lowest BCUT2D eigenvalue weighted by Crippen LogP contribution is -2.37. The van der Waals surface area contributed by atoms with Crippen molar-refractivity contribution in [1.29, 1.82) is 0 Å². The van der Waals surface area contributed by atoms with Crippen LogP contribution in [0.1, 0.15) is 5.56 Å². The van der Waals surface area contributed by atoms with E-state index in [4.69, 9.17) is 10.5 Å². The fourth-order valence-corrected chi connectivity index (χ4v) is 2.81. The van der Waals surface area contributed by atoms with E-state index < -0.39 is 11.0 Å². The minimum Gasteiger partial charge on any atom is -0.399 e. The van der Waals surface area contributed by atoms with Gasteiger partial charge in [-0.1, -0.05) is 12.1 Å². The second-order valence-electron chi connectivity index (χ2n) is 3.75. The van der Waals surface area contributed by atoms with Crippen LogP contribution < -0.4 is 5.73 Å². The summed E-state index contributed by atoms with van der Waals surface area (Å²) in [5, 5.41) is 0. The van der Waals surface area contributed by atoms with E-state index >= 15 is 0 Å². The van der Waals surface area contributed by atoms with Gasteiger partial charge >= 0.3 is 0 Å². The van der Waals surface area contributed by atoms with E-state index in [0.717, 1.165) is 24.3 Å². The monoisotopic (exact) mass is 240 g/mol. The first-order valence-electron chi connectivity index (χ1n) is 5.31. The summed E-state index contributed by atoms with van der Waals surface area (Å²) in [6.07, 6.45) is 0. The lowest BCUT2D eigenvalue weighted by Gasteiger charge is -2.25. The summed E-state index contributed by atoms with van der Waals surface area (Å²) in [5.41, 5.74) is 7.39. The molecule has 0 radical (unpaired) electrons.